The molecule has 126 valence electrons. The summed E-state index contributed by atoms with van der Waals surface area (Å²) < 4.78 is 26.7. The molecule has 1 aromatic carbocycles. The smallest absolute Gasteiger partial charge is 0.254 e. The van der Waals surface area contributed by atoms with Crippen LogP contribution in [0.25, 0.3) is 0 Å². The molecular formula is C16H16ClN3O3S. The number of nitrogens with zero attached hydrogens (tertiary/aromatic N) is 3. The third-order valence-electron chi connectivity index (χ3n) is 3.91. The zero-order valence-corrected chi connectivity index (χ0v) is 14.4. The molecule has 1 aliphatic rings. The van der Waals surface area contributed by atoms with E-state index in [-0.39, 0.29) is 28.9 Å². The molecule has 1 amide bonds. The van der Waals surface area contributed by atoms with Gasteiger partial charge in [0, 0.05) is 44.1 Å². The van der Waals surface area contributed by atoms with E-state index in [2.05, 4.69) is 4.98 Å². The van der Waals surface area contributed by atoms with E-state index in [1.165, 1.54) is 10.4 Å². The number of amides is 1. The Kier molecular flexibility index (Phi) is 4.84. The predicted octanol–water partition coefficient (Wildman–Crippen LogP) is 1.88. The summed E-state index contributed by atoms with van der Waals surface area (Å²) in [4.78, 5) is 18.0. The van der Waals surface area contributed by atoms with Crippen LogP contribution in [0.3, 0.4) is 0 Å². The number of benzene rings is 1. The van der Waals surface area contributed by atoms with Crippen molar-refractivity contribution in [3.8, 4) is 0 Å². The van der Waals surface area contributed by atoms with Gasteiger partial charge in [0.15, 0.2) is 0 Å². The molecule has 0 radical (unpaired) electrons. The van der Waals surface area contributed by atoms with Gasteiger partial charge in [0.25, 0.3) is 5.91 Å². The lowest BCUT2D eigenvalue weighted by Gasteiger charge is -2.34. The average Bonchev–Trinajstić information content (AvgIpc) is 2.62. The van der Waals surface area contributed by atoms with Crippen molar-refractivity contribution in [2.45, 2.75) is 4.90 Å². The second-order valence-electron chi connectivity index (χ2n) is 5.36. The zero-order valence-electron chi connectivity index (χ0n) is 12.8. The van der Waals surface area contributed by atoms with Crippen LogP contribution in [-0.2, 0) is 10.0 Å². The zero-order chi connectivity index (χ0) is 17.2. The molecule has 0 saturated carbocycles. The summed E-state index contributed by atoms with van der Waals surface area (Å²) in [5.41, 5.74) is 0.549. The fourth-order valence-corrected chi connectivity index (χ4v) is 4.52. The summed E-state index contributed by atoms with van der Waals surface area (Å²) >= 11 is 6.01. The highest BCUT2D eigenvalue weighted by atomic mass is 35.5. The molecular weight excluding hydrogens is 350 g/mol. The molecule has 2 aromatic rings. The van der Waals surface area contributed by atoms with Gasteiger partial charge >= 0.3 is 0 Å². The number of pyridine rings is 1. The van der Waals surface area contributed by atoms with E-state index >= 15 is 0 Å². The number of halogens is 1. The normalized spacial score (nSPS) is 16.1. The van der Waals surface area contributed by atoms with Gasteiger partial charge in [-0.15, -0.1) is 0 Å². The Morgan fingerprint density at radius 2 is 1.62 bits per heavy atom. The van der Waals surface area contributed by atoms with E-state index in [9.17, 15) is 13.2 Å². The third kappa shape index (κ3) is 3.28. The van der Waals surface area contributed by atoms with E-state index in [0.717, 1.165) is 0 Å². The summed E-state index contributed by atoms with van der Waals surface area (Å²) in [5.74, 6) is -0.118. The minimum Gasteiger partial charge on any atom is -0.336 e. The van der Waals surface area contributed by atoms with Crippen LogP contribution in [0.5, 0.6) is 0 Å². The second kappa shape index (κ2) is 6.88. The van der Waals surface area contributed by atoms with Crippen molar-refractivity contribution < 1.29 is 13.2 Å². The lowest BCUT2D eigenvalue weighted by atomic mass is 10.2. The highest BCUT2D eigenvalue weighted by Crippen LogP contribution is 2.25. The summed E-state index contributed by atoms with van der Waals surface area (Å²) in [5, 5.41) is 0.202. The first kappa shape index (κ1) is 16.9. The SMILES string of the molecule is O=C(c1ccncc1)N1CCN(S(=O)(=O)c2ccccc2Cl)CC1. The second-order valence-corrected chi connectivity index (χ2v) is 7.68. The Labute approximate surface area is 145 Å². The lowest BCUT2D eigenvalue weighted by Crippen LogP contribution is -2.50. The summed E-state index contributed by atoms with van der Waals surface area (Å²) in [6, 6.07) is 9.67. The van der Waals surface area contributed by atoms with Crippen molar-refractivity contribution >= 4 is 27.5 Å². The fourth-order valence-electron chi connectivity index (χ4n) is 2.60. The highest BCUT2D eigenvalue weighted by Gasteiger charge is 2.31. The predicted molar refractivity (Wildman–Crippen MR) is 90.4 cm³/mol. The van der Waals surface area contributed by atoms with Crippen LogP contribution < -0.4 is 0 Å². The van der Waals surface area contributed by atoms with Crippen LogP contribution in [0.2, 0.25) is 5.02 Å². The van der Waals surface area contributed by atoms with Crippen molar-refractivity contribution in [2.24, 2.45) is 0 Å². The molecule has 0 N–H and O–H groups in total. The van der Waals surface area contributed by atoms with Gasteiger partial charge in [0.2, 0.25) is 10.0 Å². The molecule has 6 nitrogen and oxygen atoms in total. The van der Waals surface area contributed by atoms with E-state index in [1.54, 1.807) is 47.6 Å². The van der Waals surface area contributed by atoms with Crippen LogP contribution in [0.4, 0.5) is 0 Å². The molecule has 0 spiro atoms. The Bertz CT molecular complexity index is 835. The summed E-state index contributed by atoms with van der Waals surface area (Å²) in [6.45, 7) is 1.16. The monoisotopic (exact) mass is 365 g/mol. The molecule has 1 aromatic heterocycles. The molecule has 0 atom stereocenters. The minimum atomic E-state index is -3.65. The lowest BCUT2D eigenvalue weighted by molar-refractivity contribution is 0.0698. The van der Waals surface area contributed by atoms with Crippen LogP contribution in [0, 0.1) is 0 Å². The summed E-state index contributed by atoms with van der Waals surface area (Å²) in [7, 11) is -3.65. The Morgan fingerprint density at radius 1 is 1.00 bits per heavy atom. The van der Waals surface area contributed by atoms with Crippen LogP contribution in [-0.4, -0.2) is 54.7 Å². The molecule has 8 heteroatoms. The van der Waals surface area contributed by atoms with E-state index in [1.807, 2.05) is 0 Å². The molecule has 3 rings (SSSR count). The van der Waals surface area contributed by atoms with E-state index in [0.29, 0.717) is 18.7 Å². The standard InChI is InChI=1S/C16H16ClN3O3S/c17-14-3-1-2-4-15(14)24(22,23)20-11-9-19(10-12-20)16(21)13-5-7-18-8-6-13/h1-8H,9-12H2. The number of hydrogen-bond acceptors (Lipinski definition) is 4. The first-order valence-corrected chi connectivity index (χ1v) is 9.26. The largest absolute Gasteiger partial charge is 0.336 e. The molecule has 0 bridgehead atoms. The minimum absolute atomic E-state index is 0.0978. The number of rotatable bonds is 3. The Balaban J connectivity index is 1.71. The number of piperazine rings is 1. The molecule has 1 aliphatic heterocycles. The number of hydrogen-bond donors (Lipinski definition) is 0. The average molecular weight is 366 g/mol. The molecule has 0 unspecified atom stereocenters. The maximum absolute atomic E-state index is 12.7. The van der Waals surface area contributed by atoms with Gasteiger partial charge in [-0.3, -0.25) is 9.78 Å². The molecule has 0 aliphatic carbocycles. The van der Waals surface area contributed by atoms with Crippen molar-refractivity contribution in [3.05, 3.63) is 59.4 Å². The van der Waals surface area contributed by atoms with Crippen molar-refractivity contribution in [1.29, 1.82) is 0 Å². The number of sulfonamides is 1. The molecule has 2 heterocycles. The number of carbonyl (C=O) groups is 1. The third-order valence-corrected chi connectivity index (χ3v) is 6.31. The molecule has 1 fully saturated rings. The quantitative estimate of drug-likeness (QED) is 0.832. The van der Waals surface area contributed by atoms with Gasteiger partial charge in [-0.25, -0.2) is 8.42 Å². The van der Waals surface area contributed by atoms with Gasteiger partial charge in [-0.05, 0) is 24.3 Å². The maximum atomic E-state index is 12.7. The highest BCUT2D eigenvalue weighted by molar-refractivity contribution is 7.89. The van der Waals surface area contributed by atoms with Crippen LogP contribution >= 0.6 is 11.6 Å². The first-order chi connectivity index (χ1) is 11.5. The first-order valence-electron chi connectivity index (χ1n) is 7.44. The molecule has 24 heavy (non-hydrogen) atoms. The molecule has 1 saturated heterocycles. The van der Waals surface area contributed by atoms with Gasteiger partial charge in [0.1, 0.15) is 4.90 Å². The van der Waals surface area contributed by atoms with Gasteiger partial charge in [-0.2, -0.15) is 4.31 Å². The number of carbonyl (C=O) groups excluding carboxylic acids is 1. The van der Waals surface area contributed by atoms with Crippen LogP contribution in [0.15, 0.2) is 53.7 Å². The Hall–Kier alpha value is -1.96. The van der Waals surface area contributed by atoms with Crippen molar-refractivity contribution in [3.63, 3.8) is 0 Å². The summed E-state index contributed by atoms with van der Waals surface area (Å²) in [6.07, 6.45) is 3.12. The number of aromatic nitrogens is 1. The van der Waals surface area contributed by atoms with Crippen molar-refractivity contribution in [1.82, 2.24) is 14.2 Å². The van der Waals surface area contributed by atoms with E-state index in [4.69, 9.17) is 11.6 Å². The van der Waals surface area contributed by atoms with Gasteiger partial charge < -0.3 is 4.90 Å². The van der Waals surface area contributed by atoms with Gasteiger partial charge in [0.05, 0.1) is 5.02 Å². The Morgan fingerprint density at radius 3 is 2.25 bits per heavy atom. The van der Waals surface area contributed by atoms with Crippen molar-refractivity contribution in [2.75, 3.05) is 26.2 Å². The van der Waals surface area contributed by atoms with Gasteiger partial charge in [-0.1, -0.05) is 23.7 Å². The topological polar surface area (TPSA) is 70.6 Å². The maximum Gasteiger partial charge on any atom is 0.254 e. The fraction of sp³-hybridized carbons (Fsp3) is 0.250. The van der Waals surface area contributed by atoms with Crippen LogP contribution in [0.1, 0.15) is 10.4 Å². The van der Waals surface area contributed by atoms with E-state index < -0.39 is 10.0 Å².